The van der Waals surface area contributed by atoms with Gasteiger partial charge in [-0.15, -0.1) is 0 Å². The molecule has 0 aliphatic carbocycles. The third-order valence-electron chi connectivity index (χ3n) is 3.44. The summed E-state index contributed by atoms with van der Waals surface area (Å²) in [7, 11) is 0. The Morgan fingerprint density at radius 3 is 3.11 bits per heavy atom. The van der Waals surface area contributed by atoms with Crippen LogP contribution in [0.15, 0.2) is 12.1 Å². The summed E-state index contributed by atoms with van der Waals surface area (Å²) in [6.45, 7) is 2.48. The van der Waals surface area contributed by atoms with Gasteiger partial charge in [0.2, 0.25) is 0 Å². The normalized spacial score (nSPS) is 19.7. The summed E-state index contributed by atoms with van der Waals surface area (Å²) in [5, 5.41) is 17.4. The maximum Gasteiger partial charge on any atom is 0.160 e. The second-order valence-corrected chi connectivity index (χ2v) is 4.63. The number of anilines is 1. The highest BCUT2D eigenvalue weighted by atomic mass is 16.3. The minimum absolute atomic E-state index is 0.0348. The van der Waals surface area contributed by atoms with Crippen LogP contribution in [0.3, 0.4) is 0 Å². The molecule has 1 saturated heterocycles. The number of nitrogens with one attached hydrogen (secondary N) is 1. The molecule has 1 atom stereocenters. The van der Waals surface area contributed by atoms with Gasteiger partial charge in [-0.1, -0.05) is 0 Å². The molecule has 1 fully saturated rings. The van der Waals surface area contributed by atoms with Crippen molar-refractivity contribution >= 4 is 16.9 Å². The molecule has 18 heavy (non-hydrogen) atoms. The number of aromatic nitrogens is 3. The largest absolute Gasteiger partial charge is 0.394 e. The summed E-state index contributed by atoms with van der Waals surface area (Å²) in [5.74, 6) is 0.940. The van der Waals surface area contributed by atoms with Gasteiger partial charge in [0.15, 0.2) is 11.5 Å². The Morgan fingerprint density at radius 2 is 2.39 bits per heavy atom. The molecule has 0 bridgehead atoms. The predicted octanol–water partition coefficient (Wildman–Crippen LogP) is 0.0827. The van der Waals surface area contributed by atoms with E-state index in [-0.39, 0.29) is 6.61 Å². The van der Waals surface area contributed by atoms with E-state index >= 15 is 0 Å². The van der Waals surface area contributed by atoms with Gasteiger partial charge < -0.3 is 16.2 Å². The van der Waals surface area contributed by atoms with Gasteiger partial charge in [0.1, 0.15) is 0 Å². The van der Waals surface area contributed by atoms with Crippen LogP contribution >= 0.6 is 0 Å². The summed E-state index contributed by atoms with van der Waals surface area (Å²) in [4.78, 5) is 4.67. The molecular weight excluding hydrogens is 230 g/mol. The Bertz CT molecular complexity index is 559. The van der Waals surface area contributed by atoms with E-state index in [2.05, 4.69) is 15.4 Å². The average molecular weight is 247 g/mol. The zero-order valence-electron chi connectivity index (χ0n) is 10.1. The molecule has 0 saturated carbocycles. The topological polar surface area (TPSA) is 89.0 Å². The monoisotopic (exact) mass is 247 g/mol. The maximum absolute atomic E-state index is 9.03. The van der Waals surface area contributed by atoms with Crippen LogP contribution in [0.4, 0.5) is 5.82 Å². The molecule has 0 spiro atoms. The van der Waals surface area contributed by atoms with Gasteiger partial charge in [0.05, 0.1) is 18.5 Å². The van der Waals surface area contributed by atoms with Crippen molar-refractivity contribution in [1.29, 1.82) is 0 Å². The van der Waals surface area contributed by atoms with Crippen molar-refractivity contribution in [2.45, 2.75) is 18.9 Å². The molecular formula is C12H17N5O. The van der Waals surface area contributed by atoms with E-state index < -0.39 is 0 Å². The first-order valence-electron chi connectivity index (χ1n) is 6.24. The van der Waals surface area contributed by atoms with Gasteiger partial charge in [-0.3, -0.25) is 0 Å². The van der Waals surface area contributed by atoms with Crippen molar-refractivity contribution in [1.82, 2.24) is 20.1 Å². The van der Waals surface area contributed by atoms with Gasteiger partial charge in [-0.2, -0.15) is 5.10 Å². The quantitative estimate of drug-likeness (QED) is 0.715. The lowest BCUT2D eigenvalue weighted by atomic mass is 10.0. The molecule has 1 aliphatic heterocycles. The van der Waals surface area contributed by atoms with Gasteiger partial charge in [-0.05, 0) is 25.1 Å². The predicted molar refractivity (Wildman–Crippen MR) is 69.3 cm³/mol. The molecule has 3 heterocycles. The van der Waals surface area contributed by atoms with Gasteiger partial charge in [0, 0.05) is 18.2 Å². The van der Waals surface area contributed by atoms with Crippen molar-refractivity contribution in [2.24, 2.45) is 0 Å². The molecule has 0 aromatic carbocycles. The van der Waals surface area contributed by atoms with E-state index in [1.807, 2.05) is 12.1 Å². The molecule has 0 radical (unpaired) electrons. The van der Waals surface area contributed by atoms with Crippen LogP contribution in [0.1, 0.15) is 18.0 Å². The van der Waals surface area contributed by atoms with Gasteiger partial charge in [-0.25, -0.2) is 9.67 Å². The highest BCUT2D eigenvalue weighted by Gasteiger charge is 2.19. The number of aliphatic hydroxyl groups excluding tert-OH is 1. The molecule has 1 aliphatic rings. The van der Waals surface area contributed by atoms with Crippen molar-refractivity contribution in [3.05, 3.63) is 17.8 Å². The maximum atomic E-state index is 9.03. The van der Waals surface area contributed by atoms with Crippen LogP contribution in [0.25, 0.3) is 11.0 Å². The molecule has 3 rings (SSSR count). The number of hydrogen-bond acceptors (Lipinski definition) is 5. The molecule has 1 unspecified atom stereocenters. The number of aliphatic hydroxyl groups is 1. The Labute approximate surface area is 105 Å². The van der Waals surface area contributed by atoms with Crippen LogP contribution in [-0.2, 0) is 6.54 Å². The van der Waals surface area contributed by atoms with E-state index in [1.165, 1.54) is 0 Å². The van der Waals surface area contributed by atoms with Crippen LogP contribution in [0.2, 0.25) is 0 Å². The minimum Gasteiger partial charge on any atom is -0.394 e. The fourth-order valence-corrected chi connectivity index (χ4v) is 2.48. The molecule has 6 heteroatoms. The minimum atomic E-state index is 0.0348. The molecule has 0 amide bonds. The standard InChI is InChI=1S/C12H17N5O/c13-11-9-1-2-10(8-3-4-14-7-8)15-12(9)17(16-11)5-6-18/h1-2,8,14,18H,3-7H2,(H2,13,16). The van der Waals surface area contributed by atoms with E-state index in [0.717, 1.165) is 36.2 Å². The molecule has 2 aromatic heterocycles. The number of nitrogen functional groups attached to an aromatic ring is 1. The lowest BCUT2D eigenvalue weighted by molar-refractivity contribution is 0.271. The SMILES string of the molecule is Nc1nn(CCO)c2nc(C3CCNC3)ccc12. The van der Waals surface area contributed by atoms with Crippen LogP contribution in [-0.4, -0.2) is 39.6 Å². The first-order chi connectivity index (χ1) is 8.79. The highest BCUT2D eigenvalue weighted by Crippen LogP contribution is 2.25. The van der Waals surface area contributed by atoms with Crippen molar-refractivity contribution in [3.63, 3.8) is 0 Å². The number of pyridine rings is 1. The Hall–Kier alpha value is -1.66. The van der Waals surface area contributed by atoms with E-state index in [0.29, 0.717) is 18.3 Å². The highest BCUT2D eigenvalue weighted by molar-refractivity contribution is 5.86. The van der Waals surface area contributed by atoms with Crippen molar-refractivity contribution < 1.29 is 5.11 Å². The van der Waals surface area contributed by atoms with Gasteiger partial charge in [0.25, 0.3) is 0 Å². The van der Waals surface area contributed by atoms with Crippen LogP contribution in [0, 0.1) is 0 Å². The van der Waals surface area contributed by atoms with Crippen LogP contribution < -0.4 is 11.1 Å². The third kappa shape index (κ3) is 1.83. The number of hydrogen-bond donors (Lipinski definition) is 3. The van der Waals surface area contributed by atoms with Crippen molar-refractivity contribution in [3.8, 4) is 0 Å². The zero-order valence-corrected chi connectivity index (χ0v) is 10.1. The number of nitrogens with zero attached hydrogens (tertiary/aromatic N) is 3. The second-order valence-electron chi connectivity index (χ2n) is 4.63. The zero-order chi connectivity index (χ0) is 12.5. The fraction of sp³-hybridized carbons (Fsp3) is 0.500. The molecule has 96 valence electrons. The summed E-state index contributed by atoms with van der Waals surface area (Å²) >= 11 is 0. The summed E-state index contributed by atoms with van der Waals surface area (Å²) in [6.07, 6.45) is 1.11. The summed E-state index contributed by atoms with van der Waals surface area (Å²) in [5.41, 5.74) is 7.69. The van der Waals surface area contributed by atoms with E-state index in [4.69, 9.17) is 10.8 Å². The van der Waals surface area contributed by atoms with Crippen molar-refractivity contribution in [2.75, 3.05) is 25.4 Å². The summed E-state index contributed by atoms with van der Waals surface area (Å²) in [6, 6.07) is 4.01. The third-order valence-corrected chi connectivity index (χ3v) is 3.44. The van der Waals surface area contributed by atoms with E-state index in [9.17, 15) is 0 Å². The Balaban J connectivity index is 2.06. The number of rotatable bonds is 3. The Morgan fingerprint density at radius 1 is 1.50 bits per heavy atom. The first kappa shape index (κ1) is 11.4. The lowest BCUT2D eigenvalue weighted by Gasteiger charge is -2.08. The van der Waals surface area contributed by atoms with Gasteiger partial charge >= 0.3 is 0 Å². The number of fused-ring (bicyclic) bond motifs is 1. The molecule has 4 N–H and O–H groups in total. The number of nitrogens with two attached hydrogens (primary N) is 1. The first-order valence-corrected chi connectivity index (χ1v) is 6.24. The lowest BCUT2D eigenvalue weighted by Crippen LogP contribution is -2.10. The Kier molecular flexibility index (Phi) is 2.89. The second kappa shape index (κ2) is 4.55. The molecule has 6 nitrogen and oxygen atoms in total. The summed E-state index contributed by atoms with van der Waals surface area (Å²) < 4.78 is 1.68. The smallest absolute Gasteiger partial charge is 0.160 e. The van der Waals surface area contributed by atoms with Crippen LogP contribution in [0.5, 0.6) is 0 Å². The fourth-order valence-electron chi connectivity index (χ4n) is 2.48. The molecule has 2 aromatic rings. The van der Waals surface area contributed by atoms with E-state index in [1.54, 1.807) is 4.68 Å². The average Bonchev–Trinajstić information content (AvgIpc) is 2.99.